The minimum Gasteiger partial charge on any atom is -0.393 e. The number of non-ortho nitro benzene ring substituents is 1. The Morgan fingerprint density at radius 2 is 1.49 bits per heavy atom. The average molecular weight is 797 g/mol. The van der Waals surface area contributed by atoms with Crippen molar-refractivity contribution in [1.29, 1.82) is 0 Å². The maximum absolute atomic E-state index is 14.2. The van der Waals surface area contributed by atoms with E-state index >= 15 is 0 Å². The summed E-state index contributed by atoms with van der Waals surface area (Å²) in [6.07, 6.45) is -0.223. The van der Waals surface area contributed by atoms with E-state index in [1.54, 1.807) is 62.3 Å². The van der Waals surface area contributed by atoms with Gasteiger partial charge in [-0.1, -0.05) is 43.3 Å². The van der Waals surface area contributed by atoms with Gasteiger partial charge in [-0.15, -0.1) is 0 Å². The van der Waals surface area contributed by atoms with Crippen molar-refractivity contribution >= 4 is 49.9 Å². The highest BCUT2D eigenvalue weighted by atomic mass is 32.1. The molecule has 0 spiro atoms. The van der Waals surface area contributed by atoms with Crippen LogP contribution in [0.3, 0.4) is 0 Å². The van der Waals surface area contributed by atoms with Crippen molar-refractivity contribution < 1.29 is 52.1 Å². The number of carbonyl (C=O) groups is 4. The third-order valence-corrected chi connectivity index (χ3v) is 10.8. The van der Waals surface area contributed by atoms with E-state index in [9.17, 15) is 39.0 Å². The van der Waals surface area contributed by atoms with Gasteiger partial charge in [0.1, 0.15) is 17.3 Å². The number of likely N-dealkylation sites (tertiary alicyclic amines) is 1. The smallest absolute Gasteiger partial charge is 0.393 e. The van der Waals surface area contributed by atoms with Gasteiger partial charge >= 0.3 is 19.8 Å². The molecular weight excluding hydrogens is 755 g/mol. The van der Waals surface area contributed by atoms with Crippen LogP contribution in [-0.4, -0.2) is 99.6 Å². The largest absolute Gasteiger partial charge is 0.646 e. The zero-order valence-electron chi connectivity index (χ0n) is 30.6. The minimum absolute atomic E-state index is 0.0440. The van der Waals surface area contributed by atoms with Crippen molar-refractivity contribution in [3.05, 3.63) is 112 Å². The number of rotatable bonds is 11. The molecule has 0 radical (unpaired) electrons. The third-order valence-electron chi connectivity index (χ3n) is 9.18. The summed E-state index contributed by atoms with van der Waals surface area (Å²) in [5.74, 6) is -4.73. The maximum Gasteiger partial charge on any atom is 0.646 e. The number of aliphatic hydroxyl groups is 1. The van der Waals surface area contributed by atoms with Crippen molar-refractivity contribution in [2.75, 3.05) is 27.7 Å². The molecule has 16 nitrogen and oxygen atoms in total. The van der Waals surface area contributed by atoms with E-state index in [2.05, 4.69) is 17.5 Å². The van der Waals surface area contributed by atoms with Gasteiger partial charge in [0.05, 0.1) is 34.6 Å². The molecule has 0 bridgehead atoms. The number of esters is 2. The molecule has 0 saturated carbocycles. The van der Waals surface area contributed by atoms with Crippen LogP contribution in [0, 0.1) is 22.0 Å². The summed E-state index contributed by atoms with van der Waals surface area (Å²) in [5.41, 5.74) is -0.966. The Labute approximate surface area is 322 Å². The topological polar surface area (TPSA) is 195 Å². The lowest BCUT2D eigenvalue weighted by atomic mass is 9.79. The number of para-hydroxylation sites is 2. The molecule has 0 unspecified atom stereocenters. The number of nitro benzene ring substituents is 1. The van der Waals surface area contributed by atoms with Crippen LogP contribution in [-0.2, 0) is 28.2 Å². The van der Waals surface area contributed by atoms with E-state index in [1.807, 2.05) is 7.05 Å². The zero-order valence-corrected chi connectivity index (χ0v) is 32.4. The summed E-state index contributed by atoms with van der Waals surface area (Å²) in [5, 5.41) is 21.6. The van der Waals surface area contributed by atoms with Gasteiger partial charge < -0.3 is 28.3 Å². The molecule has 6 atom stereocenters. The van der Waals surface area contributed by atoms with Gasteiger partial charge in [-0.3, -0.25) is 29.5 Å². The molecule has 2 saturated heterocycles. The maximum atomic E-state index is 14.2. The molecule has 2 fully saturated rings. The molecule has 3 aliphatic rings. The Morgan fingerprint density at radius 3 is 1.95 bits per heavy atom. The number of nitrogens with zero attached hydrogens (tertiary/aromatic N) is 4. The van der Waals surface area contributed by atoms with Crippen LogP contribution in [0.25, 0.3) is 0 Å². The van der Waals surface area contributed by atoms with Gasteiger partial charge in [0, 0.05) is 43.9 Å². The summed E-state index contributed by atoms with van der Waals surface area (Å²) in [6, 6.07) is 19.6. The number of hydrogen-bond acceptors (Lipinski definition) is 14. The number of aliphatic hydroxyl groups excluding tert-OH is 1. The van der Waals surface area contributed by atoms with Crippen LogP contribution >= 0.6 is 20.5 Å². The van der Waals surface area contributed by atoms with Gasteiger partial charge in [-0.2, -0.15) is 17.2 Å². The Kier molecular flexibility index (Phi) is 12.7. The molecule has 55 heavy (non-hydrogen) atoms. The molecule has 3 aromatic rings. The highest BCUT2D eigenvalue weighted by Gasteiger charge is 2.62. The van der Waals surface area contributed by atoms with Gasteiger partial charge in [0.25, 0.3) is 5.69 Å². The number of phosphoric acid groups is 1. The molecule has 0 aliphatic carbocycles. The molecule has 0 aromatic heterocycles. The second kappa shape index (κ2) is 17.1. The fourth-order valence-electron chi connectivity index (χ4n) is 6.50. The number of hydrogen-bond donors (Lipinski definition) is 2. The molecule has 2 amide bonds. The standard InChI is InChI=1S/C29H25N2O11P.C8H16N2OS/c1-17-24-23(18(2)32)27(33)30(24)25(29(35)39-28(34)19-13-15-20(16-14-19)31(36)37)26(17)42-43(38,40-21-9-5-3-6-10-21)41-22-11-7-4-8-12-22;1-9(2)8(11)7-4-6(12)5-10(7)3/h3-18,23-24,32H,1-2H3;6-7,12H,4-5H2,1-3H3/t17-,18-,23-,24-;6-,7-/m10/s1. The number of amides is 2. The van der Waals surface area contributed by atoms with Crippen LogP contribution in [0.5, 0.6) is 11.5 Å². The lowest BCUT2D eigenvalue weighted by Crippen LogP contribution is -2.63. The Morgan fingerprint density at radius 1 is 0.945 bits per heavy atom. The lowest BCUT2D eigenvalue weighted by Gasteiger charge is -2.46. The molecule has 1 N–H and O–H groups in total. The molecule has 18 heteroatoms. The highest BCUT2D eigenvalue weighted by molar-refractivity contribution is 7.81. The number of carbonyl (C=O) groups excluding carboxylic acids is 4. The summed E-state index contributed by atoms with van der Waals surface area (Å²) >= 11 is 4.36. The number of phosphoric ester groups is 1. The second-order valence-electron chi connectivity index (χ2n) is 13.4. The summed E-state index contributed by atoms with van der Waals surface area (Å²) in [7, 11) is 0.924. The van der Waals surface area contributed by atoms with E-state index in [1.165, 1.54) is 31.2 Å². The Hall–Kier alpha value is -5.22. The predicted octanol–water partition coefficient (Wildman–Crippen LogP) is 4.71. The second-order valence-corrected chi connectivity index (χ2v) is 15.5. The molecule has 6 rings (SSSR count). The van der Waals surface area contributed by atoms with Crippen LogP contribution < -0.4 is 9.05 Å². The fraction of sp³-hybridized carbons (Fsp3) is 0.351. The van der Waals surface area contributed by atoms with Crippen molar-refractivity contribution in [2.24, 2.45) is 11.8 Å². The number of β-lactam (4-membered cyclic amide) rings is 1. The van der Waals surface area contributed by atoms with Gasteiger partial charge in [0.2, 0.25) is 11.8 Å². The highest BCUT2D eigenvalue weighted by Crippen LogP contribution is 2.57. The first-order chi connectivity index (χ1) is 26.0. The molecule has 3 heterocycles. The first-order valence-electron chi connectivity index (χ1n) is 17.2. The van der Waals surface area contributed by atoms with Gasteiger partial charge in [0.15, 0.2) is 5.70 Å². The summed E-state index contributed by atoms with van der Waals surface area (Å²) in [6.45, 7) is 3.92. The van der Waals surface area contributed by atoms with Gasteiger partial charge in [-0.05, 0) is 56.8 Å². The van der Waals surface area contributed by atoms with E-state index in [0.717, 1.165) is 42.1 Å². The molecule has 3 aliphatic heterocycles. The number of thiol groups is 1. The minimum atomic E-state index is -4.64. The van der Waals surface area contributed by atoms with Crippen molar-refractivity contribution in [1.82, 2.24) is 14.7 Å². The number of nitro groups is 1. The fourth-order valence-corrected chi connectivity index (χ4v) is 8.32. The van der Waals surface area contributed by atoms with Crippen LogP contribution in [0.4, 0.5) is 5.69 Å². The average Bonchev–Trinajstić information content (AvgIpc) is 3.60. The summed E-state index contributed by atoms with van der Waals surface area (Å²) < 4.78 is 36.4. The SMILES string of the molecule is CN(C)C(=O)[C@@H]1C[C@H](S)CN1C.C[C@@H](O)[C@H]1C(=O)N2C(C(=O)OC(=O)c3ccc([N+](=O)[O-])cc3)=C(OP(=O)(Oc3ccccc3)Oc3ccccc3)[C@H](C)[C@H]12. The number of likely N-dealkylation sites (N-methyl/N-ethyl adjacent to an activating group) is 2. The summed E-state index contributed by atoms with van der Waals surface area (Å²) in [4.78, 5) is 65.9. The van der Waals surface area contributed by atoms with Crippen LogP contribution in [0.1, 0.15) is 30.6 Å². The lowest BCUT2D eigenvalue weighted by molar-refractivity contribution is -0.384. The molecular formula is C37H41N4O12PS. The van der Waals surface area contributed by atoms with Gasteiger partial charge in [-0.25, -0.2) is 9.59 Å². The monoisotopic (exact) mass is 796 g/mol. The predicted molar refractivity (Wildman–Crippen MR) is 201 cm³/mol. The molecule has 3 aromatic carbocycles. The van der Waals surface area contributed by atoms with Crippen LogP contribution in [0.15, 0.2) is 96.4 Å². The number of benzene rings is 3. The van der Waals surface area contributed by atoms with E-state index in [0.29, 0.717) is 5.25 Å². The van der Waals surface area contributed by atoms with Crippen molar-refractivity contribution in [2.45, 2.75) is 43.7 Å². The first-order valence-corrected chi connectivity index (χ1v) is 19.1. The van der Waals surface area contributed by atoms with E-state index in [-0.39, 0.29) is 40.5 Å². The zero-order chi connectivity index (χ0) is 40.2. The normalized spacial score (nSPS) is 22.3. The number of ether oxygens (including phenoxy) is 1. The Bertz CT molecular complexity index is 1950. The van der Waals surface area contributed by atoms with Crippen LogP contribution in [0.2, 0.25) is 0 Å². The van der Waals surface area contributed by atoms with E-state index in [4.69, 9.17) is 18.3 Å². The third kappa shape index (κ3) is 9.19. The Balaban J connectivity index is 0.000000413. The number of fused-ring (bicyclic) bond motifs is 1. The first kappa shape index (κ1) is 41.0. The molecule has 292 valence electrons. The van der Waals surface area contributed by atoms with Crippen molar-refractivity contribution in [3.63, 3.8) is 0 Å². The van der Waals surface area contributed by atoms with E-state index < -0.39 is 60.3 Å². The quantitative estimate of drug-likeness (QED) is 0.0516. The van der Waals surface area contributed by atoms with Crippen molar-refractivity contribution in [3.8, 4) is 11.5 Å².